The van der Waals surface area contributed by atoms with Crippen LogP contribution in [0.25, 0.3) is 0 Å². The van der Waals surface area contributed by atoms with Crippen LogP contribution in [0.1, 0.15) is 30.3 Å². The number of hydrogen-bond donors (Lipinski definition) is 2. The van der Waals surface area contributed by atoms with E-state index in [4.69, 9.17) is 5.11 Å². The Balaban J connectivity index is 2.55. The Kier molecular flexibility index (Phi) is 6.61. The molecular weight excluding hydrogens is 290 g/mol. The second-order valence-electron chi connectivity index (χ2n) is 4.90. The molecule has 21 heavy (non-hydrogen) atoms. The first-order chi connectivity index (χ1) is 9.85. The maximum Gasteiger partial charge on any atom is 0.308 e. The monoisotopic (exact) mass is 311 g/mol. The summed E-state index contributed by atoms with van der Waals surface area (Å²) in [5.74, 6) is -1.65. The van der Waals surface area contributed by atoms with Gasteiger partial charge in [0.2, 0.25) is 5.91 Å². The van der Waals surface area contributed by atoms with Crippen LogP contribution in [0.2, 0.25) is 0 Å². The van der Waals surface area contributed by atoms with Crippen LogP contribution in [0, 0.1) is 19.8 Å². The first-order valence-electron chi connectivity index (χ1n) is 6.72. The molecule has 0 aliphatic carbocycles. The van der Waals surface area contributed by atoms with Gasteiger partial charge in [0.25, 0.3) is 0 Å². The Labute approximate surface area is 128 Å². The fourth-order valence-corrected chi connectivity index (χ4v) is 2.30. The van der Waals surface area contributed by atoms with Crippen LogP contribution in [-0.2, 0) is 16.0 Å². The average Bonchev–Trinajstić information content (AvgIpc) is 2.43. The van der Waals surface area contributed by atoms with Crippen molar-refractivity contribution in [1.82, 2.24) is 15.3 Å². The Morgan fingerprint density at radius 3 is 2.33 bits per heavy atom. The first kappa shape index (κ1) is 17.4. The van der Waals surface area contributed by atoms with Gasteiger partial charge >= 0.3 is 5.97 Å². The van der Waals surface area contributed by atoms with Crippen molar-refractivity contribution in [1.29, 1.82) is 0 Å². The highest BCUT2D eigenvalue weighted by Gasteiger charge is 2.13. The molecule has 0 radical (unpaired) electrons. The van der Waals surface area contributed by atoms with Gasteiger partial charge in [0.1, 0.15) is 0 Å². The zero-order chi connectivity index (χ0) is 16.0. The van der Waals surface area contributed by atoms with Gasteiger partial charge in [-0.05, 0) is 32.1 Å². The van der Waals surface area contributed by atoms with E-state index < -0.39 is 11.9 Å². The van der Waals surface area contributed by atoms with Crippen molar-refractivity contribution in [3.63, 3.8) is 0 Å². The number of carboxylic acids is 1. The van der Waals surface area contributed by atoms with E-state index in [0.29, 0.717) is 12.8 Å². The number of carbonyl (C=O) groups is 2. The van der Waals surface area contributed by atoms with Gasteiger partial charge in [0.05, 0.1) is 5.92 Å². The fraction of sp³-hybridized carbons (Fsp3) is 0.571. The van der Waals surface area contributed by atoms with Gasteiger partial charge in [-0.3, -0.25) is 9.59 Å². The lowest BCUT2D eigenvalue weighted by Crippen LogP contribution is -2.31. The number of rotatable bonds is 7. The molecule has 7 heteroatoms. The van der Waals surface area contributed by atoms with Crippen LogP contribution in [0.5, 0.6) is 0 Å². The minimum absolute atomic E-state index is 0.147. The van der Waals surface area contributed by atoms with Crippen molar-refractivity contribution in [2.45, 2.75) is 38.8 Å². The van der Waals surface area contributed by atoms with Gasteiger partial charge in [-0.2, -0.15) is 0 Å². The number of aryl methyl sites for hydroxylation is 2. The largest absolute Gasteiger partial charge is 0.481 e. The summed E-state index contributed by atoms with van der Waals surface area (Å²) in [4.78, 5) is 31.2. The Morgan fingerprint density at radius 2 is 1.86 bits per heavy atom. The summed E-state index contributed by atoms with van der Waals surface area (Å²) >= 11 is 1.49. The average molecular weight is 311 g/mol. The molecule has 1 atom stereocenters. The molecule has 0 fully saturated rings. The third kappa shape index (κ3) is 5.34. The second kappa shape index (κ2) is 7.97. The molecule has 1 aromatic rings. The van der Waals surface area contributed by atoms with Crippen molar-refractivity contribution in [2.24, 2.45) is 5.92 Å². The van der Waals surface area contributed by atoms with Crippen LogP contribution in [0.4, 0.5) is 0 Å². The number of thioether (sulfide) groups is 1. The molecule has 0 saturated heterocycles. The molecule has 0 spiro atoms. The van der Waals surface area contributed by atoms with Gasteiger partial charge < -0.3 is 10.4 Å². The molecule has 1 rings (SSSR count). The van der Waals surface area contributed by atoms with Gasteiger partial charge in [-0.1, -0.05) is 18.7 Å². The number of aliphatic carboxylic acids is 1. The molecule has 1 amide bonds. The predicted octanol–water partition coefficient (Wildman–Crippen LogP) is 1.58. The Bertz CT molecular complexity index is 511. The first-order valence-corrected chi connectivity index (χ1v) is 7.95. The van der Waals surface area contributed by atoms with Crippen molar-refractivity contribution in [3.8, 4) is 0 Å². The van der Waals surface area contributed by atoms with Crippen molar-refractivity contribution in [2.75, 3.05) is 12.8 Å². The van der Waals surface area contributed by atoms with E-state index in [1.807, 2.05) is 20.1 Å². The van der Waals surface area contributed by atoms with Crippen LogP contribution in [0.3, 0.4) is 0 Å². The lowest BCUT2D eigenvalue weighted by molar-refractivity contribution is -0.141. The summed E-state index contributed by atoms with van der Waals surface area (Å²) in [6.45, 7) is 5.53. The number of aromatic nitrogens is 2. The van der Waals surface area contributed by atoms with Gasteiger partial charge in [0, 0.05) is 24.4 Å². The normalized spacial score (nSPS) is 12.0. The highest BCUT2D eigenvalue weighted by atomic mass is 32.2. The Hall–Kier alpha value is -1.63. The van der Waals surface area contributed by atoms with Crippen molar-refractivity contribution < 1.29 is 14.7 Å². The molecular formula is C14H21N3O3S. The topological polar surface area (TPSA) is 92.2 Å². The highest BCUT2D eigenvalue weighted by molar-refractivity contribution is 7.98. The number of carbonyl (C=O) groups excluding carboxylic acids is 1. The third-order valence-electron chi connectivity index (χ3n) is 3.21. The van der Waals surface area contributed by atoms with E-state index in [2.05, 4.69) is 15.3 Å². The minimum atomic E-state index is -0.914. The van der Waals surface area contributed by atoms with E-state index in [9.17, 15) is 9.59 Å². The van der Waals surface area contributed by atoms with Crippen LogP contribution >= 0.6 is 11.8 Å². The molecule has 1 heterocycles. The summed E-state index contributed by atoms with van der Waals surface area (Å²) in [6.07, 6.45) is 2.78. The van der Waals surface area contributed by atoms with E-state index in [1.54, 1.807) is 6.92 Å². The maximum absolute atomic E-state index is 11.7. The number of hydrogen-bond acceptors (Lipinski definition) is 5. The van der Waals surface area contributed by atoms with Crippen LogP contribution in [0.15, 0.2) is 5.16 Å². The molecule has 116 valence electrons. The fourth-order valence-electron chi connectivity index (χ4n) is 1.84. The number of nitrogens with one attached hydrogen (secondary N) is 1. The molecule has 2 N–H and O–H groups in total. The second-order valence-corrected chi connectivity index (χ2v) is 5.68. The number of amides is 1. The van der Waals surface area contributed by atoms with E-state index in [-0.39, 0.29) is 12.5 Å². The molecule has 0 bridgehead atoms. The predicted molar refractivity (Wildman–Crippen MR) is 81.4 cm³/mol. The van der Waals surface area contributed by atoms with E-state index in [1.165, 1.54) is 11.8 Å². The maximum atomic E-state index is 11.7. The van der Waals surface area contributed by atoms with E-state index in [0.717, 1.165) is 22.1 Å². The van der Waals surface area contributed by atoms with E-state index >= 15 is 0 Å². The summed E-state index contributed by atoms with van der Waals surface area (Å²) in [5.41, 5.74) is 2.76. The molecule has 0 aromatic carbocycles. The highest BCUT2D eigenvalue weighted by Crippen LogP contribution is 2.17. The lowest BCUT2D eigenvalue weighted by Gasteiger charge is -2.11. The molecule has 0 saturated carbocycles. The van der Waals surface area contributed by atoms with Crippen LogP contribution < -0.4 is 5.32 Å². The summed E-state index contributed by atoms with van der Waals surface area (Å²) in [6, 6.07) is 0. The minimum Gasteiger partial charge on any atom is -0.481 e. The smallest absolute Gasteiger partial charge is 0.308 e. The molecule has 1 aromatic heterocycles. The molecule has 0 aliphatic rings. The SMILES string of the molecule is CSc1nc(C)c(CCC(=O)NCC(C)C(=O)O)c(C)n1. The zero-order valence-electron chi connectivity index (χ0n) is 12.8. The van der Waals surface area contributed by atoms with Crippen LogP contribution in [-0.4, -0.2) is 39.8 Å². The standard InChI is InChI=1S/C14H21N3O3S/c1-8(13(19)20)7-15-12(18)6-5-11-9(2)16-14(21-4)17-10(11)3/h8H,5-7H2,1-4H3,(H,15,18)(H,19,20). The Morgan fingerprint density at radius 1 is 1.29 bits per heavy atom. The lowest BCUT2D eigenvalue weighted by atomic mass is 10.1. The van der Waals surface area contributed by atoms with Crippen molar-refractivity contribution >= 4 is 23.6 Å². The number of carboxylic acid groups (broad SMARTS) is 1. The van der Waals surface area contributed by atoms with Crippen molar-refractivity contribution in [3.05, 3.63) is 17.0 Å². The van der Waals surface area contributed by atoms with Gasteiger partial charge in [-0.25, -0.2) is 9.97 Å². The van der Waals surface area contributed by atoms with Gasteiger partial charge in [-0.15, -0.1) is 0 Å². The van der Waals surface area contributed by atoms with Gasteiger partial charge in [0.15, 0.2) is 5.16 Å². The quantitative estimate of drug-likeness (QED) is 0.587. The summed E-state index contributed by atoms with van der Waals surface area (Å²) in [5, 5.41) is 12.1. The molecule has 1 unspecified atom stereocenters. The third-order valence-corrected chi connectivity index (χ3v) is 3.76. The zero-order valence-corrected chi connectivity index (χ0v) is 13.6. The molecule has 0 aliphatic heterocycles. The molecule has 6 nitrogen and oxygen atoms in total. The summed E-state index contributed by atoms with van der Waals surface area (Å²) < 4.78 is 0. The summed E-state index contributed by atoms with van der Waals surface area (Å²) in [7, 11) is 0. The number of nitrogens with zero attached hydrogens (tertiary/aromatic N) is 2.